The van der Waals surface area contributed by atoms with Gasteiger partial charge in [-0.15, -0.1) is 0 Å². The number of benzene rings is 2. The van der Waals surface area contributed by atoms with Crippen LogP contribution < -0.4 is 9.47 Å². The largest absolute Gasteiger partial charge is 0.494 e. The van der Waals surface area contributed by atoms with Gasteiger partial charge in [-0.3, -0.25) is 9.69 Å². The van der Waals surface area contributed by atoms with Crippen LogP contribution in [0.4, 0.5) is 4.39 Å². The van der Waals surface area contributed by atoms with E-state index in [1.807, 2.05) is 24.1 Å². The molecular formula is C20H24ClFN2O3. The van der Waals surface area contributed by atoms with E-state index in [1.54, 1.807) is 36.2 Å². The van der Waals surface area contributed by atoms with Crippen molar-refractivity contribution in [3.8, 4) is 11.5 Å². The Bertz CT molecular complexity index is 773. The van der Waals surface area contributed by atoms with E-state index in [-0.39, 0.29) is 18.2 Å². The van der Waals surface area contributed by atoms with Crippen molar-refractivity contribution in [2.75, 3.05) is 40.9 Å². The highest BCUT2D eigenvalue weighted by Crippen LogP contribution is 2.19. The Labute approximate surface area is 164 Å². The second kappa shape index (κ2) is 10.1. The highest BCUT2D eigenvalue weighted by Gasteiger charge is 2.13. The molecule has 146 valence electrons. The lowest BCUT2D eigenvalue weighted by Gasteiger charge is -2.22. The SMILES string of the molecule is COc1ccc(CN(C)C(=O)CN(C)CCOc2cccc(Cl)c2)cc1F. The lowest BCUT2D eigenvalue weighted by atomic mass is 10.2. The quantitative estimate of drug-likeness (QED) is 0.653. The minimum Gasteiger partial charge on any atom is -0.494 e. The van der Waals surface area contributed by atoms with Crippen molar-refractivity contribution in [1.82, 2.24) is 9.80 Å². The van der Waals surface area contributed by atoms with E-state index < -0.39 is 5.82 Å². The average molecular weight is 395 g/mol. The zero-order chi connectivity index (χ0) is 19.8. The van der Waals surface area contributed by atoms with Gasteiger partial charge < -0.3 is 14.4 Å². The molecule has 0 aliphatic rings. The van der Waals surface area contributed by atoms with E-state index in [0.717, 1.165) is 0 Å². The lowest BCUT2D eigenvalue weighted by Crippen LogP contribution is -2.37. The zero-order valence-electron chi connectivity index (χ0n) is 15.7. The molecule has 0 radical (unpaired) electrons. The number of nitrogens with zero attached hydrogens (tertiary/aromatic N) is 2. The number of carbonyl (C=O) groups excluding carboxylic acids is 1. The van der Waals surface area contributed by atoms with E-state index in [0.29, 0.717) is 36.0 Å². The summed E-state index contributed by atoms with van der Waals surface area (Å²) in [6.45, 7) is 1.60. The normalized spacial score (nSPS) is 10.7. The number of rotatable bonds is 9. The smallest absolute Gasteiger partial charge is 0.236 e. The Morgan fingerprint density at radius 2 is 1.96 bits per heavy atom. The fourth-order valence-electron chi connectivity index (χ4n) is 2.48. The molecule has 0 aliphatic carbocycles. The van der Waals surface area contributed by atoms with Gasteiger partial charge in [0.25, 0.3) is 0 Å². The number of likely N-dealkylation sites (N-methyl/N-ethyl adjacent to an activating group) is 2. The molecule has 0 fully saturated rings. The minimum absolute atomic E-state index is 0.0588. The summed E-state index contributed by atoms with van der Waals surface area (Å²) >= 11 is 5.91. The molecule has 27 heavy (non-hydrogen) atoms. The van der Waals surface area contributed by atoms with Gasteiger partial charge in [-0.2, -0.15) is 0 Å². The monoisotopic (exact) mass is 394 g/mol. The van der Waals surface area contributed by atoms with Gasteiger partial charge in [0.15, 0.2) is 11.6 Å². The Morgan fingerprint density at radius 1 is 1.19 bits per heavy atom. The van der Waals surface area contributed by atoms with Crippen molar-refractivity contribution in [2.24, 2.45) is 0 Å². The maximum atomic E-state index is 13.8. The van der Waals surface area contributed by atoms with E-state index >= 15 is 0 Å². The number of hydrogen-bond acceptors (Lipinski definition) is 4. The first-order valence-corrected chi connectivity index (χ1v) is 8.90. The molecule has 0 bridgehead atoms. The summed E-state index contributed by atoms with van der Waals surface area (Å²) < 4.78 is 24.3. The molecule has 2 aromatic carbocycles. The van der Waals surface area contributed by atoms with Gasteiger partial charge in [-0.05, 0) is 42.9 Å². The van der Waals surface area contributed by atoms with Gasteiger partial charge in [-0.1, -0.05) is 23.7 Å². The van der Waals surface area contributed by atoms with E-state index in [1.165, 1.54) is 13.2 Å². The average Bonchev–Trinajstić information content (AvgIpc) is 2.62. The van der Waals surface area contributed by atoms with Crippen LogP contribution in [0.15, 0.2) is 42.5 Å². The molecule has 0 heterocycles. The predicted molar refractivity (Wildman–Crippen MR) is 104 cm³/mol. The summed E-state index contributed by atoms with van der Waals surface area (Å²) in [7, 11) is 4.96. The first-order chi connectivity index (χ1) is 12.9. The molecule has 0 aromatic heterocycles. The maximum Gasteiger partial charge on any atom is 0.236 e. The molecule has 0 unspecified atom stereocenters. The highest BCUT2D eigenvalue weighted by atomic mass is 35.5. The van der Waals surface area contributed by atoms with Gasteiger partial charge >= 0.3 is 0 Å². The molecule has 2 aromatic rings. The Morgan fingerprint density at radius 3 is 2.63 bits per heavy atom. The van der Waals surface area contributed by atoms with Crippen LogP contribution in [0.25, 0.3) is 0 Å². The zero-order valence-corrected chi connectivity index (χ0v) is 16.5. The van der Waals surface area contributed by atoms with Crippen molar-refractivity contribution >= 4 is 17.5 Å². The number of carbonyl (C=O) groups is 1. The Balaban J connectivity index is 1.76. The van der Waals surface area contributed by atoms with Crippen LogP contribution in [0, 0.1) is 5.82 Å². The summed E-state index contributed by atoms with van der Waals surface area (Å²) in [5.74, 6) is 0.385. The van der Waals surface area contributed by atoms with Crippen molar-refractivity contribution < 1.29 is 18.7 Å². The number of hydrogen-bond donors (Lipinski definition) is 0. The van der Waals surface area contributed by atoms with Gasteiger partial charge in [0, 0.05) is 25.2 Å². The number of methoxy groups -OCH3 is 1. The van der Waals surface area contributed by atoms with E-state index in [2.05, 4.69) is 0 Å². The second-order valence-electron chi connectivity index (χ2n) is 6.26. The van der Waals surface area contributed by atoms with Crippen LogP contribution in [0.1, 0.15) is 5.56 Å². The molecule has 0 saturated heterocycles. The van der Waals surface area contributed by atoms with E-state index in [9.17, 15) is 9.18 Å². The molecule has 0 aliphatic heterocycles. The third kappa shape index (κ3) is 6.73. The van der Waals surface area contributed by atoms with Crippen LogP contribution in [0.3, 0.4) is 0 Å². The van der Waals surface area contributed by atoms with Gasteiger partial charge in [-0.25, -0.2) is 4.39 Å². The molecule has 0 spiro atoms. The fourth-order valence-corrected chi connectivity index (χ4v) is 2.66. The molecule has 2 rings (SSSR count). The van der Waals surface area contributed by atoms with Crippen LogP contribution >= 0.6 is 11.6 Å². The molecule has 1 amide bonds. The van der Waals surface area contributed by atoms with Crippen molar-refractivity contribution in [1.29, 1.82) is 0 Å². The summed E-state index contributed by atoms with van der Waals surface area (Å²) in [5, 5.41) is 0.618. The summed E-state index contributed by atoms with van der Waals surface area (Å²) in [4.78, 5) is 15.8. The standard InChI is InChI=1S/C20H24ClFN2O3/c1-23(9-10-27-17-6-4-5-16(21)12-17)14-20(25)24(2)13-15-7-8-19(26-3)18(22)11-15/h4-8,11-12H,9-10,13-14H2,1-3H3. The summed E-state index contributed by atoms with van der Waals surface area (Å²) in [5.41, 5.74) is 0.705. The number of halogens is 2. The van der Waals surface area contributed by atoms with Crippen LogP contribution in [-0.4, -0.2) is 56.6 Å². The third-order valence-electron chi connectivity index (χ3n) is 4.00. The third-order valence-corrected chi connectivity index (χ3v) is 4.24. The van der Waals surface area contributed by atoms with Crippen molar-refractivity contribution in [3.63, 3.8) is 0 Å². The topological polar surface area (TPSA) is 42.0 Å². The van der Waals surface area contributed by atoms with Crippen LogP contribution in [-0.2, 0) is 11.3 Å². The highest BCUT2D eigenvalue weighted by molar-refractivity contribution is 6.30. The van der Waals surface area contributed by atoms with Crippen LogP contribution in [0.5, 0.6) is 11.5 Å². The molecule has 0 N–H and O–H groups in total. The molecule has 0 saturated carbocycles. The molecular weight excluding hydrogens is 371 g/mol. The minimum atomic E-state index is -0.439. The molecule has 7 heteroatoms. The van der Waals surface area contributed by atoms with Crippen LogP contribution in [0.2, 0.25) is 5.02 Å². The summed E-state index contributed by atoms with van der Waals surface area (Å²) in [6, 6.07) is 11.9. The van der Waals surface area contributed by atoms with E-state index in [4.69, 9.17) is 21.1 Å². The van der Waals surface area contributed by atoms with Gasteiger partial charge in [0.05, 0.1) is 13.7 Å². The van der Waals surface area contributed by atoms with Gasteiger partial charge in [0.1, 0.15) is 12.4 Å². The Hall–Kier alpha value is -2.31. The molecule has 5 nitrogen and oxygen atoms in total. The summed E-state index contributed by atoms with van der Waals surface area (Å²) in [6.07, 6.45) is 0. The second-order valence-corrected chi connectivity index (χ2v) is 6.70. The fraction of sp³-hybridized carbons (Fsp3) is 0.350. The number of amides is 1. The lowest BCUT2D eigenvalue weighted by molar-refractivity contribution is -0.131. The Kier molecular flexibility index (Phi) is 7.88. The van der Waals surface area contributed by atoms with Crippen molar-refractivity contribution in [2.45, 2.75) is 6.54 Å². The first-order valence-electron chi connectivity index (χ1n) is 8.52. The first kappa shape index (κ1) is 21.0. The predicted octanol–water partition coefficient (Wildman–Crippen LogP) is 3.46. The van der Waals surface area contributed by atoms with Gasteiger partial charge in [0.2, 0.25) is 5.91 Å². The number of ether oxygens (including phenoxy) is 2. The maximum absolute atomic E-state index is 13.8. The molecule has 0 atom stereocenters. The van der Waals surface area contributed by atoms with Crippen molar-refractivity contribution in [3.05, 3.63) is 58.9 Å².